The molecule has 3 atom stereocenters. The number of unbranched alkanes of at least 4 members (excludes halogenated alkanes) is 4. The van der Waals surface area contributed by atoms with Crippen molar-refractivity contribution in [2.75, 3.05) is 0 Å². The van der Waals surface area contributed by atoms with Gasteiger partial charge >= 0.3 is 5.97 Å². The lowest BCUT2D eigenvalue weighted by Crippen LogP contribution is -2.43. The Morgan fingerprint density at radius 1 is 1.09 bits per heavy atom. The molecule has 1 aromatic rings. The first-order valence-corrected chi connectivity index (χ1v) is 12.7. The van der Waals surface area contributed by atoms with Gasteiger partial charge in [-0.25, -0.2) is 4.79 Å². The molecule has 2 rings (SSSR count). The maximum absolute atomic E-state index is 12.7. The fourth-order valence-electron chi connectivity index (χ4n) is 4.92. The molecule has 2 nitrogen and oxygen atoms in total. The average molecular weight is 437 g/mol. The number of hydrogen-bond acceptors (Lipinski definition) is 2. The normalized spacial score (nSPS) is 21.5. The maximum atomic E-state index is 12.7. The molecule has 1 aromatic carbocycles. The lowest BCUT2D eigenvalue weighted by molar-refractivity contribution is -0.150. The van der Waals surface area contributed by atoms with Crippen molar-refractivity contribution in [1.29, 1.82) is 0 Å². The summed E-state index contributed by atoms with van der Waals surface area (Å²) in [5, 5.41) is 0. The molecule has 1 aliphatic carbocycles. The van der Waals surface area contributed by atoms with Crippen LogP contribution in [0.15, 0.2) is 42.0 Å². The molecule has 0 aliphatic heterocycles. The quantitative estimate of drug-likeness (QED) is 0.161. The summed E-state index contributed by atoms with van der Waals surface area (Å²) in [6.07, 6.45) is 12.5. The Morgan fingerprint density at radius 2 is 1.78 bits per heavy atom. The number of hydrogen-bond donors (Lipinski definition) is 0. The Hall–Kier alpha value is -2.01. The van der Waals surface area contributed by atoms with Gasteiger partial charge in [-0.1, -0.05) is 82.9 Å². The van der Waals surface area contributed by atoms with Gasteiger partial charge in [0.25, 0.3) is 0 Å². The van der Waals surface area contributed by atoms with E-state index < -0.39 is 0 Å². The first-order valence-electron chi connectivity index (χ1n) is 12.7. The molecule has 176 valence electrons. The van der Waals surface area contributed by atoms with Gasteiger partial charge in [-0.15, -0.1) is 11.8 Å². The second kappa shape index (κ2) is 13.5. The summed E-state index contributed by atoms with van der Waals surface area (Å²) in [4.78, 5) is 12.7. The molecule has 0 aromatic heterocycles. The predicted molar refractivity (Wildman–Crippen MR) is 135 cm³/mol. The van der Waals surface area contributed by atoms with Crippen LogP contribution in [0.3, 0.4) is 0 Å². The lowest BCUT2D eigenvalue weighted by atomic mass is 9.64. The van der Waals surface area contributed by atoms with E-state index in [9.17, 15) is 4.79 Å². The van der Waals surface area contributed by atoms with Gasteiger partial charge in [0.15, 0.2) is 0 Å². The Balaban J connectivity index is 1.91. The van der Waals surface area contributed by atoms with Crippen LogP contribution in [0.25, 0.3) is 0 Å². The molecule has 2 heteroatoms. The van der Waals surface area contributed by atoms with Crippen LogP contribution in [0.5, 0.6) is 0 Å². The zero-order valence-corrected chi connectivity index (χ0v) is 21.1. The topological polar surface area (TPSA) is 26.3 Å². The van der Waals surface area contributed by atoms with Gasteiger partial charge in [-0.2, -0.15) is 0 Å². The van der Waals surface area contributed by atoms with Crippen LogP contribution < -0.4 is 0 Å². The zero-order valence-electron chi connectivity index (χ0n) is 21.1. The number of esters is 1. The Bertz CT molecular complexity index is 778. The second-order valence-corrected chi connectivity index (χ2v) is 10.2. The van der Waals surface area contributed by atoms with Gasteiger partial charge in [0.2, 0.25) is 0 Å². The van der Waals surface area contributed by atoms with Crippen molar-refractivity contribution < 1.29 is 9.53 Å². The molecule has 1 saturated carbocycles. The average Bonchev–Trinajstić information content (AvgIpc) is 2.76. The van der Waals surface area contributed by atoms with Gasteiger partial charge in [0.1, 0.15) is 6.10 Å². The number of rotatable bonds is 10. The summed E-state index contributed by atoms with van der Waals surface area (Å²) in [5.74, 6) is 7.28. The fourth-order valence-corrected chi connectivity index (χ4v) is 4.92. The van der Waals surface area contributed by atoms with Gasteiger partial charge in [-0.05, 0) is 55.9 Å². The van der Waals surface area contributed by atoms with Crippen molar-refractivity contribution in [2.24, 2.45) is 11.8 Å². The number of benzene rings is 1. The van der Waals surface area contributed by atoms with E-state index in [4.69, 9.17) is 4.74 Å². The maximum Gasteiger partial charge on any atom is 0.330 e. The highest BCUT2D eigenvalue weighted by molar-refractivity contribution is 5.82. The van der Waals surface area contributed by atoms with Crippen molar-refractivity contribution in [3.8, 4) is 11.8 Å². The van der Waals surface area contributed by atoms with E-state index in [1.807, 2.05) is 6.92 Å². The van der Waals surface area contributed by atoms with Gasteiger partial charge in [-0.3, -0.25) is 0 Å². The lowest BCUT2D eigenvalue weighted by Gasteiger charge is -2.43. The van der Waals surface area contributed by atoms with Crippen LogP contribution in [-0.4, -0.2) is 12.1 Å². The summed E-state index contributed by atoms with van der Waals surface area (Å²) in [5.41, 5.74) is 2.38. The summed E-state index contributed by atoms with van der Waals surface area (Å²) in [6.45, 7) is 11.1. The molecule has 1 aliphatic rings. The number of carbonyl (C=O) groups is 1. The van der Waals surface area contributed by atoms with Crippen molar-refractivity contribution in [1.82, 2.24) is 0 Å². The molecular weight excluding hydrogens is 392 g/mol. The Kier molecular flexibility index (Phi) is 11.1. The number of ether oxygens (including phenoxy) is 1. The fraction of sp³-hybridized carbons (Fsp3) is 0.633. The Morgan fingerprint density at radius 3 is 2.47 bits per heavy atom. The van der Waals surface area contributed by atoms with E-state index in [1.165, 1.54) is 31.2 Å². The zero-order chi connectivity index (χ0) is 23.4. The van der Waals surface area contributed by atoms with Crippen molar-refractivity contribution >= 4 is 5.97 Å². The minimum absolute atomic E-state index is 0.0269. The third kappa shape index (κ3) is 8.50. The van der Waals surface area contributed by atoms with E-state index in [0.717, 1.165) is 44.1 Å². The van der Waals surface area contributed by atoms with E-state index in [2.05, 4.69) is 69.9 Å². The summed E-state index contributed by atoms with van der Waals surface area (Å²) >= 11 is 0. The van der Waals surface area contributed by atoms with E-state index in [0.29, 0.717) is 11.8 Å². The molecule has 1 fully saturated rings. The summed E-state index contributed by atoms with van der Waals surface area (Å²) < 4.78 is 6.09. The molecule has 0 unspecified atom stereocenters. The van der Waals surface area contributed by atoms with Gasteiger partial charge in [0.05, 0.1) is 0 Å². The molecule has 32 heavy (non-hydrogen) atoms. The number of carbonyl (C=O) groups excluding carboxylic acids is 1. The number of allylic oxidation sites excluding steroid dienone is 1. The third-order valence-electron chi connectivity index (χ3n) is 7.03. The monoisotopic (exact) mass is 436 g/mol. The molecule has 0 saturated heterocycles. The molecule has 0 bridgehead atoms. The minimum Gasteiger partial charge on any atom is -0.459 e. The summed E-state index contributed by atoms with van der Waals surface area (Å²) in [6, 6.07) is 10.7. The minimum atomic E-state index is -0.180. The van der Waals surface area contributed by atoms with E-state index in [1.54, 1.807) is 6.08 Å². The van der Waals surface area contributed by atoms with Gasteiger partial charge in [0, 0.05) is 24.8 Å². The molecule has 0 radical (unpaired) electrons. The van der Waals surface area contributed by atoms with Crippen LogP contribution >= 0.6 is 0 Å². The summed E-state index contributed by atoms with van der Waals surface area (Å²) in [7, 11) is 0. The van der Waals surface area contributed by atoms with Crippen LogP contribution in [0.1, 0.15) is 104 Å². The largest absolute Gasteiger partial charge is 0.459 e. The highest BCUT2D eigenvalue weighted by atomic mass is 16.5. The third-order valence-corrected chi connectivity index (χ3v) is 7.03. The van der Waals surface area contributed by atoms with Gasteiger partial charge < -0.3 is 4.74 Å². The molecular formula is C30H44O2. The van der Waals surface area contributed by atoms with Crippen LogP contribution in [0, 0.1) is 23.7 Å². The SMILES string of the molecule is CCCCCC#CCCC/C(C)=C/C(=O)O[C@@H]1C[C@H](C)CC[C@H]1C(C)(C)c1ccccc1. The molecule has 0 heterocycles. The highest BCUT2D eigenvalue weighted by Gasteiger charge is 2.41. The highest BCUT2D eigenvalue weighted by Crippen LogP contribution is 2.43. The second-order valence-electron chi connectivity index (χ2n) is 10.2. The first kappa shape index (κ1) is 26.2. The van der Waals surface area contributed by atoms with Crippen LogP contribution in [-0.2, 0) is 14.9 Å². The van der Waals surface area contributed by atoms with Crippen molar-refractivity contribution in [3.63, 3.8) is 0 Å². The first-order chi connectivity index (χ1) is 15.3. The Labute approximate surface area is 197 Å². The van der Waals surface area contributed by atoms with E-state index >= 15 is 0 Å². The van der Waals surface area contributed by atoms with Crippen molar-refractivity contribution in [2.45, 2.75) is 110 Å². The van der Waals surface area contributed by atoms with Crippen LogP contribution in [0.2, 0.25) is 0 Å². The predicted octanol–water partition coefficient (Wildman–Crippen LogP) is 8.01. The molecule has 0 N–H and O–H groups in total. The van der Waals surface area contributed by atoms with Crippen molar-refractivity contribution in [3.05, 3.63) is 47.5 Å². The molecule has 0 spiro atoms. The van der Waals surface area contributed by atoms with E-state index in [-0.39, 0.29) is 17.5 Å². The smallest absolute Gasteiger partial charge is 0.330 e. The van der Waals surface area contributed by atoms with Crippen LogP contribution in [0.4, 0.5) is 0 Å². The standard InChI is InChI=1S/C30H44O2/c1-6-7-8-9-10-11-12-14-17-24(2)23-29(31)32-28-22-25(3)20-21-27(28)30(4,5)26-18-15-13-16-19-26/h13,15-16,18-19,23,25,27-28H,6-9,12,14,17,20-22H2,1-5H3/b24-23+/t25-,27-,28-/m1/s1. The molecule has 0 amide bonds.